The highest BCUT2D eigenvalue weighted by atomic mass is 32.2. The first kappa shape index (κ1) is 23.6. The Kier molecular flexibility index (Phi) is 5.68. The van der Waals surface area contributed by atoms with Crippen LogP contribution in [0.15, 0.2) is 23.4 Å². The number of sulfonamides is 1. The summed E-state index contributed by atoms with van der Waals surface area (Å²) in [7, 11) is -4.06. The average molecular weight is 537 g/mol. The summed E-state index contributed by atoms with van der Waals surface area (Å²) in [6.07, 6.45) is -0.441. The first-order valence-electron chi connectivity index (χ1n) is 11.4. The molecule has 1 aromatic carbocycles. The summed E-state index contributed by atoms with van der Waals surface area (Å²) in [5, 5.41) is 16.6. The Labute approximate surface area is 209 Å². The maximum Gasteiger partial charge on any atom is 0.291 e. The summed E-state index contributed by atoms with van der Waals surface area (Å²) in [4.78, 5) is 8.92. The Morgan fingerprint density at radius 2 is 2.08 bits per heavy atom. The van der Waals surface area contributed by atoms with Crippen molar-refractivity contribution in [1.82, 2.24) is 29.4 Å². The number of ether oxygens (including phenoxy) is 1. The van der Waals surface area contributed by atoms with E-state index in [-0.39, 0.29) is 16.1 Å². The molecular formula is C21H22F2N8O3S2. The molecule has 3 fully saturated rings. The molecule has 0 unspecified atom stereocenters. The second-order valence-corrected chi connectivity index (χ2v) is 11.8. The third-order valence-corrected chi connectivity index (χ3v) is 9.26. The number of anilines is 1. The van der Waals surface area contributed by atoms with Crippen LogP contribution in [0.4, 0.5) is 14.5 Å². The van der Waals surface area contributed by atoms with Crippen molar-refractivity contribution < 1.29 is 21.9 Å². The third-order valence-electron chi connectivity index (χ3n) is 6.81. The minimum atomic E-state index is -4.06. The molecule has 1 saturated carbocycles. The predicted octanol–water partition coefficient (Wildman–Crippen LogP) is 1.67. The minimum absolute atomic E-state index is 0.0332. The molecule has 3 aliphatic rings. The number of alkyl halides is 2. The van der Waals surface area contributed by atoms with Crippen molar-refractivity contribution in [3.63, 3.8) is 0 Å². The normalized spacial score (nSPS) is 22.1. The molecule has 0 bridgehead atoms. The lowest BCUT2D eigenvalue weighted by molar-refractivity contribution is -0.0116. The highest BCUT2D eigenvalue weighted by Crippen LogP contribution is 2.38. The zero-order chi connectivity index (χ0) is 25.1. The summed E-state index contributed by atoms with van der Waals surface area (Å²) < 4.78 is 62.6. The van der Waals surface area contributed by atoms with Crippen LogP contribution in [-0.2, 0) is 14.8 Å². The van der Waals surface area contributed by atoms with Gasteiger partial charge in [0, 0.05) is 26.2 Å². The number of morpholine rings is 1. The third kappa shape index (κ3) is 4.12. The number of aromatic nitrogens is 4. The monoisotopic (exact) mass is 536 g/mol. The number of fused-ring (bicyclic) bond motifs is 2. The Morgan fingerprint density at radius 3 is 2.81 bits per heavy atom. The van der Waals surface area contributed by atoms with Crippen molar-refractivity contribution in [2.75, 3.05) is 44.3 Å². The van der Waals surface area contributed by atoms with E-state index in [0.29, 0.717) is 67.2 Å². The van der Waals surface area contributed by atoms with Crippen LogP contribution in [0.3, 0.4) is 0 Å². The van der Waals surface area contributed by atoms with Crippen LogP contribution in [-0.4, -0.2) is 84.0 Å². The summed E-state index contributed by atoms with van der Waals surface area (Å²) in [6, 6.07) is 5.21. The zero-order valence-electron chi connectivity index (χ0n) is 19.0. The van der Waals surface area contributed by atoms with Crippen molar-refractivity contribution in [2.24, 2.45) is 0 Å². The number of rotatable bonds is 6. The van der Waals surface area contributed by atoms with E-state index in [0.717, 1.165) is 13.1 Å². The van der Waals surface area contributed by atoms with Crippen LogP contribution in [0.2, 0.25) is 0 Å². The molecule has 3 aromatic rings. The first-order valence-corrected chi connectivity index (χ1v) is 13.7. The van der Waals surface area contributed by atoms with Crippen LogP contribution in [0.25, 0.3) is 16.2 Å². The van der Waals surface area contributed by atoms with Gasteiger partial charge in [-0.2, -0.15) is 9.98 Å². The van der Waals surface area contributed by atoms with Crippen molar-refractivity contribution in [2.45, 2.75) is 35.7 Å². The van der Waals surface area contributed by atoms with E-state index in [2.05, 4.69) is 29.7 Å². The number of piperazine rings is 1. The van der Waals surface area contributed by atoms with Gasteiger partial charge in [-0.1, -0.05) is 11.3 Å². The molecule has 11 nitrogen and oxygen atoms in total. The SMILES string of the molecule is N#CC1(NS(=O)(=O)c2cc(N3CCN4CCOC[C@H]4C3)c3ncn(-c4nnc(C(F)F)s4)c3c2)CC1. The van der Waals surface area contributed by atoms with E-state index in [1.54, 1.807) is 6.07 Å². The van der Waals surface area contributed by atoms with Crippen molar-refractivity contribution in [3.05, 3.63) is 23.5 Å². The Hall–Kier alpha value is -2.77. The highest BCUT2D eigenvalue weighted by Gasteiger charge is 2.47. The first-order chi connectivity index (χ1) is 17.3. The molecule has 2 aromatic heterocycles. The van der Waals surface area contributed by atoms with Gasteiger partial charge in [-0.25, -0.2) is 22.2 Å². The summed E-state index contributed by atoms with van der Waals surface area (Å²) in [5.74, 6) is 0. The molecule has 36 heavy (non-hydrogen) atoms. The maximum absolute atomic E-state index is 13.4. The Balaban J connectivity index is 1.46. The predicted molar refractivity (Wildman–Crippen MR) is 126 cm³/mol. The molecule has 15 heteroatoms. The summed E-state index contributed by atoms with van der Waals surface area (Å²) in [6.45, 7) is 4.19. The molecule has 1 N–H and O–H groups in total. The number of halogens is 2. The molecule has 0 amide bonds. The molecule has 6 rings (SSSR count). The van der Waals surface area contributed by atoms with E-state index in [1.807, 2.05) is 6.07 Å². The van der Waals surface area contributed by atoms with Gasteiger partial charge < -0.3 is 9.64 Å². The molecule has 1 aliphatic carbocycles. The van der Waals surface area contributed by atoms with E-state index in [4.69, 9.17) is 4.74 Å². The van der Waals surface area contributed by atoms with Gasteiger partial charge in [0.15, 0.2) is 5.01 Å². The Morgan fingerprint density at radius 1 is 1.25 bits per heavy atom. The molecule has 0 radical (unpaired) electrons. The van der Waals surface area contributed by atoms with Crippen LogP contribution in [0, 0.1) is 11.3 Å². The quantitative estimate of drug-likeness (QED) is 0.500. The van der Waals surface area contributed by atoms with E-state index in [9.17, 15) is 22.5 Å². The van der Waals surface area contributed by atoms with Crippen molar-refractivity contribution >= 4 is 38.1 Å². The largest absolute Gasteiger partial charge is 0.378 e. The standard InChI is InChI=1S/C21H22F2N8O3S2/c22-18(23)19-26-27-20(35-19)31-12-25-17-15(30-4-3-29-5-6-34-10-13(29)9-30)7-14(8-16(17)31)36(32,33)28-21(11-24)1-2-21/h7-8,12-13,18,28H,1-6,9-10H2/t13-/m1/s1. The van der Waals surface area contributed by atoms with Gasteiger partial charge in [0.2, 0.25) is 15.2 Å². The lowest BCUT2D eigenvalue weighted by atomic mass is 10.1. The van der Waals surface area contributed by atoms with Gasteiger partial charge in [0.1, 0.15) is 17.4 Å². The maximum atomic E-state index is 13.4. The Bertz CT molecular complexity index is 1460. The van der Waals surface area contributed by atoms with Gasteiger partial charge in [-0.15, -0.1) is 10.2 Å². The molecule has 1 atom stereocenters. The van der Waals surface area contributed by atoms with Crippen LogP contribution >= 0.6 is 11.3 Å². The average Bonchev–Trinajstić information content (AvgIpc) is 3.26. The van der Waals surface area contributed by atoms with E-state index >= 15 is 0 Å². The van der Waals surface area contributed by atoms with Crippen LogP contribution in [0.5, 0.6) is 0 Å². The number of imidazole rings is 1. The number of hydrogen-bond acceptors (Lipinski definition) is 10. The van der Waals surface area contributed by atoms with Crippen LogP contribution < -0.4 is 9.62 Å². The number of benzene rings is 1. The van der Waals surface area contributed by atoms with Gasteiger partial charge in [-0.05, 0) is 25.0 Å². The van der Waals surface area contributed by atoms with Crippen molar-refractivity contribution in [1.29, 1.82) is 5.26 Å². The van der Waals surface area contributed by atoms with Gasteiger partial charge in [0.25, 0.3) is 6.43 Å². The van der Waals surface area contributed by atoms with Gasteiger partial charge in [-0.3, -0.25) is 9.47 Å². The molecular weight excluding hydrogens is 514 g/mol. The second-order valence-electron chi connectivity index (χ2n) is 9.16. The number of nitriles is 1. The molecule has 4 heterocycles. The lowest BCUT2D eigenvalue weighted by Crippen LogP contribution is -2.58. The molecule has 2 aliphatic heterocycles. The fourth-order valence-corrected chi connectivity index (χ4v) is 6.78. The fraction of sp³-hybridized carbons (Fsp3) is 0.524. The van der Waals surface area contributed by atoms with E-state index in [1.165, 1.54) is 17.0 Å². The minimum Gasteiger partial charge on any atom is -0.378 e. The molecule has 2 saturated heterocycles. The smallest absolute Gasteiger partial charge is 0.291 e. The highest BCUT2D eigenvalue weighted by molar-refractivity contribution is 7.89. The number of hydrogen-bond donors (Lipinski definition) is 1. The number of nitrogens with one attached hydrogen (secondary N) is 1. The molecule has 190 valence electrons. The second kappa shape index (κ2) is 8.67. The fourth-order valence-electron chi connectivity index (χ4n) is 4.68. The van der Waals surface area contributed by atoms with Gasteiger partial charge in [0.05, 0.1) is 41.4 Å². The van der Waals surface area contributed by atoms with Crippen molar-refractivity contribution in [3.8, 4) is 11.2 Å². The summed E-state index contributed by atoms with van der Waals surface area (Å²) >= 11 is 0.713. The van der Waals surface area contributed by atoms with Crippen LogP contribution in [0.1, 0.15) is 24.3 Å². The lowest BCUT2D eigenvalue weighted by Gasteiger charge is -2.44. The van der Waals surface area contributed by atoms with Gasteiger partial charge >= 0.3 is 0 Å². The van der Waals surface area contributed by atoms with E-state index < -0.39 is 27.0 Å². The zero-order valence-corrected chi connectivity index (χ0v) is 20.6. The number of nitrogens with zero attached hydrogens (tertiary/aromatic N) is 7. The summed E-state index contributed by atoms with van der Waals surface area (Å²) in [5.41, 5.74) is 0.436. The topological polar surface area (TPSA) is 129 Å². The molecule has 0 spiro atoms.